The average Bonchev–Trinajstić information content (AvgIpc) is 2.96. The Morgan fingerprint density at radius 1 is 0.875 bits per heavy atom. The number of carbonyl (C=O) groups is 2. The van der Waals surface area contributed by atoms with Gasteiger partial charge in [0.2, 0.25) is 0 Å². The molecule has 32 heavy (non-hydrogen) atoms. The van der Waals surface area contributed by atoms with E-state index in [0.29, 0.717) is 25.1 Å². The van der Waals surface area contributed by atoms with Crippen LogP contribution in [0.25, 0.3) is 0 Å². The van der Waals surface area contributed by atoms with Crippen LogP contribution in [0.4, 0.5) is 5.69 Å². The van der Waals surface area contributed by atoms with E-state index in [-0.39, 0.29) is 11.7 Å². The molecule has 0 unspecified atom stereocenters. The van der Waals surface area contributed by atoms with Crippen LogP contribution < -0.4 is 4.90 Å². The van der Waals surface area contributed by atoms with Gasteiger partial charge in [-0.2, -0.15) is 0 Å². The molecule has 0 aromatic heterocycles. The first-order valence-electron chi connectivity index (χ1n) is 11.0. The zero-order chi connectivity index (χ0) is 22.2. The average molecular weight is 443 g/mol. The third-order valence-corrected chi connectivity index (χ3v) is 7.74. The second-order valence-electron chi connectivity index (χ2n) is 8.52. The van der Waals surface area contributed by atoms with Crippen LogP contribution in [0.3, 0.4) is 0 Å². The molecule has 0 saturated carbocycles. The Hall–Kier alpha value is -3.05. The standard InChI is InChI=1S/C27H26N2O2S/c1-18-6-5-8-23(19(18)2)28-12-14-29(15-13-28)27(31)20-10-11-25-21(16-20)17-24(30)22-7-3-4-9-26(22)32-25/h3-11,16H,12-15,17H2,1-2H3. The maximum Gasteiger partial charge on any atom is 0.253 e. The summed E-state index contributed by atoms with van der Waals surface area (Å²) in [6.45, 7) is 7.34. The van der Waals surface area contributed by atoms with E-state index in [4.69, 9.17) is 0 Å². The summed E-state index contributed by atoms with van der Waals surface area (Å²) < 4.78 is 0. The summed E-state index contributed by atoms with van der Waals surface area (Å²) in [5.74, 6) is 0.159. The highest BCUT2D eigenvalue weighted by Gasteiger charge is 2.25. The largest absolute Gasteiger partial charge is 0.368 e. The van der Waals surface area contributed by atoms with Gasteiger partial charge in [0, 0.05) is 59.2 Å². The number of nitrogens with zero attached hydrogens (tertiary/aromatic N) is 2. The lowest BCUT2D eigenvalue weighted by Crippen LogP contribution is -2.49. The number of piperazine rings is 1. The lowest BCUT2D eigenvalue weighted by atomic mass is 10.0. The second-order valence-corrected chi connectivity index (χ2v) is 9.60. The fourth-order valence-corrected chi connectivity index (χ4v) is 5.61. The topological polar surface area (TPSA) is 40.6 Å². The Bertz CT molecular complexity index is 1210. The predicted octanol–water partition coefficient (Wildman–Crippen LogP) is 5.16. The minimum absolute atomic E-state index is 0.0487. The normalized spacial score (nSPS) is 15.8. The Kier molecular flexibility index (Phi) is 5.51. The Labute approximate surface area is 193 Å². The van der Waals surface area contributed by atoms with Crippen molar-refractivity contribution in [2.45, 2.75) is 30.1 Å². The van der Waals surface area contributed by atoms with Gasteiger partial charge in [-0.3, -0.25) is 9.59 Å². The van der Waals surface area contributed by atoms with Crippen LogP contribution in [0.1, 0.15) is 37.4 Å². The highest BCUT2D eigenvalue weighted by atomic mass is 32.2. The SMILES string of the molecule is Cc1cccc(N2CCN(C(=O)c3ccc4c(c3)CC(=O)c3ccccc3S4)CC2)c1C. The van der Waals surface area contributed by atoms with E-state index in [1.807, 2.05) is 47.4 Å². The molecular weight excluding hydrogens is 416 g/mol. The lowest BCUT2D eigenvalue weighted by Gasteiger charge is -2.37. The van der Waals surface area contributed by atoms with Gasteiger partial charge in [-0.15, -0.1) is 0 Å². The molecule has 3 aromatic rings. The Morgan fingerprint density at radius 3 is 2.47 bits per heavy atom. The number of hydrogen-bond donors (Lipinski definition) is 0. The van der Waals surface area contributed by atoms with Gasteiger partial charge in [0.15, 0.2) is 5.78 Å². The molecule has 1 saturated heterocycles. The molecule has 0 atom stereocenters. The zero-order valence-electron chi connectivity index (χ0n) is 18.4. The van der Waals surface area contributed by atoms with Gasteiger partial charge in [-0.1, -0.05) is 42.1 Å². The molecule has 5 rings (SSSR count). The van der Waals surface area contributed by atoms with Crippen LogP contribution in [0, 0.1) is 13.8 Å². The maximum absolute atomic E-state index is 13.3. The molecule has 0 radical (unpaired) electrons. The number of rotatable bonds is 2. The second kappa shape index (κ2) is 8.47. The van der Waals surface area contributed by atoms with Crippen molar-refractivity contribution in [2.24, 2.45) is 0 Å². The molecule has 1 amide bonds. The van der Waals surface area contributed by atoms with E-state index in [0.717, 1.165) is 34.0 Å². The first kappa shape index (κ1) is 20.8. The molecule has 2 heterocycles. The van der Waals surface area contributed by atoms with Gasteiger partial charge in [-0.05, 0) is 60.9 Å². The number of anilines is 1. The summed E-state index contributed by atoms with van der Waals surface area (Å²) in [7, 11) is 0. The fraction of sp³-hybridized carbons (Fsp3) is 0.259. The number of fused-ring (bicyclic) bond motifs is 2. The summed E-state index contributed by atoms with van der Waals surface area (Å²) in [4.78, 5) is 32.4. The quantitative estimate of drug-likeness (QED) is 0.550. The number of ketones is 1. The number of hydrogen-bond acceptors (Lipinski definition) is 4. The van der Waals surface area contributed by atoms with Crippen LogP contribution >= 0.6 is 11.8 Å². The molecular formula is C27H26N2O2S. The van der Waals surface area contributed by atoms with Crippen molar-refractivity contribution < 1.29 is 9.59 Å². The molecule has 2 aliphatic heterocycles. The Morgan fingerprint density at radius 2 is 1.66 bits per heavy atom. The zero-order valence-corrected chi connectivity index (χ0v) is 19.2. The number of Topliss-reactive ketones (excluding diaryl/α,β-unsaturated/α-hetero) is 1. The van der Waals surface area contributed by atoms with Crippen LogP contribution in [-0.4, -0.2) is 42.8 Å². The predicted molar refractivity (Wildman–Crippen MR) is 129 cm³/mol. The summed E-state index contributed by atoms with van der Waals surface area (Å²) in [5.41, 5.74) is 6.24. The van der Waals surface area contributed by atoms with Gasteiger partial charge in [0.1, 0.15) is 0 Å². The van der Waals surface area contributed by atoms with Crippen molar-refractivity contribution >= 4 is 29.1 Å². The molecule has 2 aliphatic rings. The molecule has 0 N–H and O–H groups in total. The van der Waals surface area contributed by atoms with Gasteiger partial charge >= 0.3 is 0 Å². The van der Waals surface area contributed by atoms with Crippen molar-refractivity contribution in [2.75, 3.05) is 31.1 Å². The van der Waals surface area contributed by atoms with E-state index in [9.17, 15) is 9.59 Å². The van der Waals surface area contributed by atoms with Crippen molar-refractivity contribution in [3.8, 4) is 0 Å². The van der Waals surface area contributed by atoms with Crippen LogP contribution in [0.5, 0.6) is 0 Å². The van der Waals surface area contributed by atoms with E-state index in [1.54, 1.807) is 11.8 Å². The van der Waals surface area contributed by atoms with E-state index < -0.39 is 0 Å². The summed E-state index contributed by atoms with van der Waals surface area (Å²) in [6, 6.07) is 20.0. The van der Waals surface area contributed by atoms with Crippen molar-refractivity contribution in [3.63, 3.8) is 0 Å². The van der Waals surface area contributed by atoms with Gasteiger partial charge in [-0.25, -0.2) is 0 Å². The lowest BCUT2D eigenvalue weighted by molar-refractivity contribution is 0.0746. The molecule has 1 fully saturated rings. The molecule has 5 heteroatoms. The minimum Gasteiger partial charge on any atom is -0.368 e. The fourth-order valence-electron chi connectivity index (χ4n) is 4.53. The first-order valence-corrected chi connectivity index (χ1v) is 11.9. The van der Waals surface area contributed by atoms with Crippen LogP contribution in [-0.2, 0) is 6.42 Å². The molecule has 3 aromatic carbocycles. The number of aryl methyl sites for hydroxylation is 1. The first-order chi connectivity index (χ1) is 15.5. The number of carbonyl (C=O) groups excluding carboxylic acids is 2. The molecule has 162 valence electrons. The number of amides is 1. The summed E-state index contributed by atoms with van der Waals surface area (Å²) >= 11 is 1.61. The third kappa shape index (κ3) is 3.82. The molecule has 0 aliphatic carbocycles. The highest BCUT2D eigenvalue weighted by Crippen LogP contribution is 2.37. The molecule has 0 bridgehead atoms. The summed E-state index contributed by atoms with van der Waals surface area (Å²) in [5, 5.41) is 0. The van der Waals surface area contributed by atoms with Gasteiger partial charge in [0.05, 0.1) is 0 Å². The highest BCUT2D eigenvalue weighted by molar-refractivity contribution is 7.99. The Balaban J connectivity index is 1.32. The smallest absolute Gasteiger partial charge is 0.253 e. The van der Waals surface area contributed by atoms with Crippen molar-refractivity contribution in [1.29, 1.82) is 0 Å². The summed E-state index contributed by atoms with van der Waals surface area (Å²) in [6.07, 6.45) is 0.334. The molecule has 4 nitrogen and oxygen atoms in total. The van der Waals surface area contributed by atoms with Crippen LogP contribution in [0.2, 0.25) is 0 Å². The maximum atomic E-state index is 13.3. The monoisotopic (exact) mass is 442 g/mol. The van der Waals surface area contributed by atoms with Crippen molar-refractivity contribution in [1.82, 2.24) is 4.90 Å². The van der Waals surface area contributed by atoms with Gasteiger partial charge in [0.25, 0.3) is 5.91 Å². The van der Waals surface area contributed by atoms with Crippen LogP contribution in [0.15, 0.2) is 70.5 Å². The number of benzene rings is 3. The van der Waals surface area contributed by atoms with E-state index in [1.165, 1.54) is 16.8 Å². The van der Waals surface area contributed by atoms with E-state index in [2.05, 4.69) is 36.9 Å². The third-order valence-electron chi connectivity index (χ3n) is 6.55. The van der Waals surface area contributed by atoms with Gasteiger partial charge < -0.3 is 9.80 Å². The van der Waals surface area contributed by atoms with E-state index >= 15 is 0 Å². The van der Waals surface area contributed by atoms with Crippen molar-refractivity contribution in [3.05, 3.63) is 88.5 Å². The molecule has 0 spiro atoms. The minimum atomic E-state index is 0.0487.